The molecule has 0 unspecified atom stereocenters. The molecule has 7 nitrogen and oxygen atoms in total. The third kappa shape index (κ3) is 4.14. The molecule has 1 aromatic rings. The van der Waals surface area contributed by atoms with Gasteiger partial charge in [-0.25, -0.2) is 4.79 Å². The van der Waals surface area contributed by atoms with Crippen LogP contribution in [0.5, 0.6) is 5.75 Å². The predicted molar refractivity (Wildman–Crippen MR) is 73.1 cm³/mol. The molecule has 3 amide bonds. The zero-order valence-electron chi connectivity index (χ0n) is 11.1. The highest BCUT2D eigenvalue weighted by Crippen LogP contribution is 2.28. The van der Waals surface area contributed by atoms with E-state index >= 15 is 0 Å². The minimum absolute atomic E-state index is 0.329. The van der Waals surface area contributed by atoms with Crippen molar-refractivity contribution in [2.75, 3.05) is 17.7 Å². The molecule has 7 heteroatoms. The van der Waals surface area contributed by atoms with E-state index in [-0.39, 0.29) is 5.91 Å². The summed E-state index contributed by atoms with van der Waals surface area (Å²) in [6, 6.07) is 4.05. The molecule has 1 rings (SSSR count). The molecule has 0 aromatic heterocycles. The average molecular weight is 266 g/mol. The molecule has 0 spiro atoms. The monoisotopic (exact) mass is 266 g/mol. The summed E-state index contributed by atoms with van der Waals surface area (Å²) in [7, 11) is 1.44. The molecule has 6 N–H and O–H groups in total. The third-order valence-electron chi connectivity index (χ3n) is 2.30. The van der Waals surface area contributed by atoms with Crippen LogP contribution in [0.4, 0.5) is 16.2 Å². The standard InChI is InChI=1S/C12H18N4O3/c1-12(2,14)10(17)15-7-4-5-8(16-11(13)18)9(6-7)19-3/h4-6H,14H2,1-3H3,(H,15,17)(H3,13,16,18). The van der Waals surface area contributed by atoms with Crippen LogP contribution in [0.15, 0.2) is 18.2 Å². The molecule has 0 atom stereocenters. The number of urea groups is 1. The van der Waals surface area contributed by atoms with Crippen molar-refractivity contribution >= 4 is 23.3 Å². The van der Waals surface area contributed by atoms with Crippen LogP contribution in [-0.2, 0) is 4.79 Å². The number of ether oxygens (including phenoxy) is 1. The van der Waals surface area contributed by atoms with Gasteiger partial charge in [0.15, 0.2) is 0 Å². The molecule has 0 aliphatic carbocycles. The molecule has 0 heterocycles. The van der Waals surface area contributed by atoms with Gasteiger partial charge in [0.1, 0.15) is 5.75 Å². The second kappa shape index (κ2) is 5.57. The lowest BCUT2D eigenvalue weighted by Crippen LogP contribution is -2.45. The Balaban J connectivity index is 2.94. The van der Waals surface area contributed by atoms with Crippen molar-refractivity contribution in [1.29, 1.82) is 0 Å². The SMILES string of the molecule is COc1cc(NC(=O)C(C)(C)N)ccc1NC(N)=O. The van der Waals surface area contributed by atoms with E-state index in [2.05, 4.69) is 10.6 Å². The van der Waals surface area contributed by atoms with Crippen molar-refractivity contribution in [2.45, 2.75) is 19.4 Å². The fourth-order valence-electron chi connectivity index (χ4n) is 1.30. The Hall–Kier alpha value is -2.28. The van der Waals surface area contributed by atoms with Crippen molar-refractivity contribution in [3.8, 4) is 5.75 Å². The Morgan fingerprint density at radius 1 is 1.26 bits per heavy atom. The van der Waals surface area contributed by atoms with Crippen molar-refractivity contribution in [3.63, 3.8) is 0 Å². The van der Waals surface area contributed by atoms with Gasteiger partial charge in [-0.15, -0.1) is 0 Å². The number of rotatable bonds is 4. The Bertz CT molecular complexity index is 494. The maximum Gasteiger partial charge on any atom is 0.316 e. The number of hydrogen-bond acceptors (Lipinski definition) is 4. The first-order chi connectivity index (χ1) is 8.74. The zero-order valence-corrected chi connectivity index (χ0v) is 11.1. The number of primary amides is 1. The van der Waals surface area contributed by atoms with Crippen molar-refractivity contribution in [2.24, 2.45) is 11.5 Å². The fourth-order valence-corrected chi connectivity index (χ4v) is 1.30. The van der Waals surface area contributed by atoms with E-state index in [4.69, 9.17) is 16.2 Å². The van der Waals surface area contributed by atoms with Crippen molar-refractivity contribution in [1.82, 2.24) is 0 Å². The number of methoxy groups -OCH3 is 1. The Morgan fingerprint density at radius 2 is 1.89 bits per heavy atom. The maximum atomic E-state index is 11.7. The number of hydrogen-bond donors (Lipinski definition) is 4. The Labute approximate surface area is 111 Å². The van der Waals surface area contributed by atoms with Crippen LogP contribution >= 0.6 is 0 Å². The van der Waals surface area contributed by atoms with Crippen molar-refractivity contribution in [3.05, 3.63) is 18.2 Å². The lowest BCUT2D eigenvalue weighted by atomic mass is 10.1. The summed E-state index contributed by atoms with van der Waals surface area (Å²) >= 11 is 0. The third-order valence-corrected chi connectivity index (χ3v) is 2.30. The van der Waals surface area contributed by atoms with Gasteiger partial charge >= 0.3 is 6.03 Å². The van der Waals surface area contributed by atoms with Crippen LogP contribution in [0.1, 0.15) is 13.8 Å². The minimum Gasteiger partial charge on any atom is -0.494 e. The van der Waals surface area contributed by atoms with Gasteiger partial charge in [0.2, 0.25) is 5.91 Å². The quantitative estimate of drug-likeness (QED) is 0.646. The molecule has 0 saturated heterocycles. The summed E-state index contributed by atoms with van der Waals surface area (Å²) in [6.45, 7) is 3.20. The van der Waals surface area contributed by atoms with Gasteiger partial charge in [-0.05, 0) is 26.0 Å². The lowest BCUT2D eigenvalue weighted by molar-refractivity contribution is -0.120. The highest BCUT2D eigenvalue weighted by Gasteiger charge is 2.22. The summed E-state index contributed by atoms with van der Waals surface area (Å²) < 4.78 is 5.10. The van der Waals surface area contributed by atoms with Gasteiger partial charge in [-0.2, -0.15) is 0 Å². The highest BCUT2D eigenvalue weighted by atomic mass is 16.5. The van der Waals surface area contributed by atoms with E-state index in [9.17, 15) is 9.59 Å². The minimum atomic E-state index is -0.989. The molecule has 19 heavy (non-hydrogen) atoms. The first kappa shape index (κ1) is 14.8. The number of benzene rings is 1. The number of carbonyl (C=O) groups excluding carboxylic acids is 2. The summed E-state index contributed by atoms with van der Waals surface area (Å²) in [6.07, 6.45) is 0. The number of nitrogens with two attached hydrogens (primary N) is 2. The van der Waals surface area contributed by atoms with E-state index in [1.807, 2.05) is 0 Å². The normalized spacial score (nSPS) is 10.7. The Morgan fingerprint density at radius 3 is 2.37 bits per heavy atom. The largest absolute Gasteiger partial charge is 0.494 e. The van der Waals surface area contributed by atoms with Crippen LogP contribution in [0.3, 0.4) is 0 Å². The van der Waals surface area contributed by atoms with E-state index in [0.717, 1.165) is 0 Å². The maximum absolute atomic E-state index is 11.7. The molecule has 0 bridgehead atoms. The van der Waals surface area contributed by atoms with Gasteiger partial charge in [-0.3, -0.25) is 4.79 Å². The second-order valence-electron chi connectivity index (χ2n) is 4.58. The molecule has 0 fully saturated rings. The first-order valence-corrected chi connectivity index (χ1v) is 5.59. The van der Waals surface area contributed by atoms with E-state index in [1.54, 1.807) is 32.0 Å². The van der Waals surface area contributed by atoms with Gasteiger partial charge in [0.25, 0.3) is 0 Å². The molecule has 0 aliphatic rings. The van der Waals surface area contributed by atoms with E-state index < -0.39 is 11.6 Å². The summed E-state index contributed by atoms with van der Waals surface area (Å²) in [5.74, 6) is 0.0524. The van der Waals surface area contributed by atoms with Crippen LogP contribution in [-0.4, -0.2) is 24.6 Å². The number of anilines is 2. The topological polar surface area (TPSA) is 119 Å². The molecule has 104 valence electrons. The predicted octanol–water partition coefficient (Wildman–Crippen LogP) is 0.862. The van der Waals surface area contributed by atoms with Crippen LogP contribution in [0.25, 0.3) is 0 Å². The van der Waals surface area contributed by atoms with Crippen LogP contribution in [0, 0.1) is 0 Å². The lowest BCUT2D eigenvalue weighted by Gasteiger charge is -2.18. The molecule has 0 radical (unpaired) electrons. The molecule has 1 aromatic carbocycles. The highest BCUT2D eigenvalue weighted by molar-refractivity contribution is 5.98. The zero-order chi connectivity index (χ0) is 14.6. The fraction of sp³-hybridized carbons (Fsp3) is 0.333. The van der Waals surface area contributed by atoms with E-state index in [0.29, 0.717) is 17.1 Å². The first-order valence-electron chi connectivity index (χ1n) is 5.59. The molecular weight excluding hydrogens is 248 g/mol. The van der Waals surface area contributed by atoms with Crippen LogP contribution < -0.4 is 26.8 Å². The molecular formula is C12H18N4O3. The smallest absolute Gasteiger partial charge is 0.316 e. The van der Waals surface area contributed by atoms with Crippen molar-refractivity contribution < 1.29 is 14.3 Å². The van der Waals surface area contributed by atoms with E-state index in [1.165, 1.54) is 7.11 Å². The Kier molecular flexibility index (Phi) is 4.34. The average Bonchev–Trinajstić information content (AvgIpc) is 2.29. The summed E-state index contributed by atoms with van der Waals surface area (Å²) in [5.41, 5.74) is 10.6. The van der Waals surface area contributed by atoms with Gasteiger partial charge in [0.05, 0.1) is 18.3 Å². The molecule has 0 saturated carbocycles. The number of nitrogens with one attached hydrogen (secondary N) is 2. The number of amides is 3. The second-order valence-corrected chi connectivity index (χ2v) is 4.58. The summed E-state index contributed by atoms with van der Waals surface area (Å²) in [5, 5.41) is 5.06. The molecule has 0 aliphatic heterocycles. The summed E-state index contributed by atoms with van der Waals surface area (Å²) in [4.78, 5) is 22.5. The van der Waals surface area contributed by atoms with Crippen LogP contribution in [0.2, 0.25) is 0 Å². The number of carbonyl (C=O) groups is 2. The van der Waals surface area contributed by atoms with Gasteiger partial charge in [-0.1, -0.05) is 0 Å². The van der Waals surface area contributed by atoms with Gasteiger partial charge < -0.3 is 26.8 Å². The van der Waals surface area contributed by atoms with Gasteiger partial charge in [0, 0.05) is 11.8 Å².